The van der Waals surface area contributed by atoms with Gasteiger partial charge in [-0.15, -0.1) is 6.42 Å². The summed E-state index contributed by atoms with van der Waals surface area (Å²) in [6.45, 7) is 6.84. The van der Waals surface area contributed by atoms with E-state index in [4.69, 9.17) is 30.6 Å². The van der Waals surface area contributed by atoms with Crippen molar-refractivity contribution >= 4 is 27.5 Å². The fraction of sp³-hybridized carbons (Fsp3) is 0.548. The van der Waals surface area contributed by atoms with E-state index in [1.54, 1.807) is 6.92 Å². The Hall–Kier alpha value is -4.31. The number of aromatic hydroxyl groups is 1. The van der Waals surface area contributed by atoms with Crippen LogP contribution in [0.2, 0.25) is 0 Å². The van der Waals surface area contributed by atoms with Crippen LogP contribution < -0.4 is 14.4 Å². The second-order valence-electron chi connectivity index (χ2n) is 16.1. The minimum absolute atomic E-state index is 0.0244. The topological polar surface area (TPSA) is 113 Å². The molecule has 5 heterocycles. The lowest BCUT2D eigenvalue weighted by atomic mass is 9.75. The van der Waals surface area contributed by atoms with Crippen LogP contribution in [-0.2, 0) is 4.74 Å². The van der Waals surface area contributed by atoms with Gasteiger partial charge in [0, 0.05) is 48.7 Å². The van der Waals surface area contributed by atoms with Crippen LogP contribution in [-0.4, -0.2) is 94.8 Å². The van der Waals surface area contributed by atoms with Crippen LogP contribution in [0.1, 0.15) is 76.7 Å². The largest absolute Gasteiger partial charge is 0.508 e. The number of anilines is 1. The predicted octanol–water partition coefficient (Wildman–Crippen LogP) is 7.00. The first-order valence-corrected chi connectivity index (χ1v) is 19.4. The van der Waals surface area contributed by atoms with E-state index in [2.05, 4.69) is 15.8 Å². The first-order chi connectivity index (χ1) is 26.1. The Labute approximate surface area is 314 Å². The Balaban J connectivity index is 1.21. The van der Waals surface area contributed by atoms with Gasteiger partial charge in [-0.25, -0.2) is 13.8 Å². The zero-order valence-corrected chi connectivity index (χ0v) is 31.2. The predicted molar refractivity (Wildman–Crippen MR) is 203 cm³/mol. The number of fused-ring (bicyclic) bond motifs is 3. The van der Waals surface area contributed by atoms with Crippen LogP contribution >= 0.6 is 0 Å². The number of β-amino-alcohol motifs (C(OH)–C–C–N with tert-alkyl or cyclic N) is 1. The summed E-state index contributed by atoms with van der Waals surface area (Å²) in [5.41, 5.74) is -1.38. The molecule has 0 spiro atoms. The third kappa shape index (κ3) is 6.80. The summed E-state index contributed by atoms with van der Waals surface area (Å²) in [5, 5.41) is 22.7. The van der Waals surface area contributed by atoms with Crippen LogP contribution in [0.15, 0.2) is 24.3 Å². The van der Waals surface area contributed by atoms with Gasteiger partial charge >= 0.3 is 6.01 Å². The molecule has 54 heavy (non-hydrogen) atoms. The van der Waals surface area contributed by atoms with E-state index in [1.165, 1.54) is 37.8 Å². The summed E-state index contributed by atoms with van der Waals surface area (Å²) in [6, 6.07) is 5.87. The van der Waals surface area contributed by atoms with Gasteiger partial charge in [-0.05, 0) is 107 Å². The number of phenols is 1. The number of aliphatic hydroxyl groups is 1. The highest BCUT2D eigenvalue weighted by Crippen LogP contribution is 2.49. The van der Waals surface area contributed by atoms with Gasteiger partial charge in [0.05, 0.1) is 24.9 Å². The van der Waals surface area contributed by atoms with Crippen LogP contribution in [0.5, 0.6) is 17.6 Å². The number of aromatic nitrogens is 3. The maximum Gasteiger partial charge on any atom is 0.319 e. The molecule has 3 saturated heterocycles. The molecule has 286 valence electrons. The number of halogens is 2. The lowest BCUT2D eigenvalue weighted by Gasteiger charge is -2.46. The van der Waals surface area contributed by atoms with E-state index >= 15 is 8.78 Å². The zero-order chi connectivity index (χ0) is 37.6. The molecule has 2 aromatic carbocycles. The minimum Gasteiger partial charge on any atom is -0.508 e. The van der Waals surface area contributed by atoms with Crippen molar-refractivity contribution in [2.45, 2.75) is 82.8 Å². The molecule has 3 atom stereocenters. The Bertz CT molecular complexity index is 2100. The third-order valence-corrected chi connectivity index (χ3v) is 12.4. The first kappa shape index (κ1) is 36.7. The summed E-state index contributed by atoms with van der Waals surface area (Å²) in [4.78, 5) is 18.8. The summed E-state index contributed by atoms with van der Waals surface area (Å²) in [5.74, 6) is 1.83. The highest BCUT2D eigenvalue weighted by atomic mass is 19.1. The van der Waals surface area contributed by atoms with Gasteiger partial charge in [-0.2, -0.15) is 9.97 Å². The number of rotatable bonds is 9. The number of benzene rings is 2. The molecule has 8 rings (SSSR count). The lowest BCUT2D eigenvalue weighted by molar-refractivity contribution is -0.00682. The monoisotopic (exact) mass is 741 g/mol. The summed E-state index contributed by atoms with van der Waals surface area (Å²) in [6.07, 6.45) is 15.9. The van der Waals surface area contributed by atoms with Crippen molar-refractivity contribution in [3.05, 3.63) is 41.5 Å². The van der Waals surface area contributed by atoms with Gasteiger partial charge in [-0.3, -0.25) is 4.90 Å². The van der Waals surface area contributed by atoms with E-state index < -0.39 is 17.2 Å². The molecule has 2 aromatic heterocycles. The van der Waals surface area contributed by atoms with Crippen molar-refractivity contribution in [3.63, 3.8) is 0 Å². The Morgan fingerprint density at radius 2 is 1.81 bits per heavy atom. The number of nitrogens with zero attached hydrogens (tertiary/aromatic N) is 5. The first-order valence-electron chi connectivity index (χ1n) is 19.4. The molecular weight excluding hydrogens is 692 g/mol. The van der Waals surface area contributed by atoms with Gasteiger partial charge in [0.1, 0.15) is 34.0 Å². The molecule has 1 saturated carbocycles. The molecule has 0 bridgehead atoms. The zero-order valence-electron chi connectivity index (χ0n) is 31.2. The second kappa shape index (κ2) is 14.7. The Kier molecular flexibility index (Phi) is 10.0. The average Bonchev–Trinajstić information content (AvgIpc) is 3.61. The van der Waals surface area contributed by atoms with Gasteiger partial charge in [0.2, 0.25) is 5.88 Å². The Morgan fingerprint density at radius 3 is 2.59 bits per heavy atom. The SMILES string of the molecule is C#Cc1c(F)ccc2cc(O)cc(-c3nc(OC)c4c(N5CCC[C@@](C)(O)C5)nc(OC[C@]56CCC[C@H]5N(CCC5CCOCC5)CCC6)nc4c3F)c12. The normalized spacial score (nSPS) is 25.2. The highest BCUT2D eigenvalue weighted by Gasteiger charge is 2.48. The summed E-state index contributed by atoms with van der Waals surface area (Å²) < 4.78 is 50.3. The van der Waals surface area contributed by atoms with Gasteiger partial charge < -0.3 is 29.3 Å². The van der Waals surface area contributed by atoms with Gasteiger partial charge in [0.15, 0.2) is 5.82 Å². The molecule has 4 aliphatic rings. The van der Waals surface area contributed by atoms with E-state index in [9.17, 15) is 10.2 Å². The fourth-order valence-electron chi connectivity index (χ4n) is 9.75. The van der Waals surface area contributed by atoms with E-state index in [1.807, 2.05) is 4.90 Å². The van der Waals surface area contributed by atoms with Crippen LogP contribution in [0, 0.1) is 35.3 Å². The number of terminal acetylenes is 1. The molecule has 12 heteroatoms. The standard InChI is InChI=1S/C42H49F2N5O5/c1-4-29-31(43)10-9-27-22-28(50)23-30(33(27)29)36-35(44)37-34(39(45-36)52-3)38(49-18-6-14-41(2,51)24-49)47-40(46-37)54-25-42-15-5-8-32(42)48(17-7-16-42)19-11-26-12-20-53-21-13-26/h1,9-10,22-23,26,32,50-51H,5-8,11-21,24-25H2,2-3H3/t32-,41-,42-/m1/s1. The van der Waals surface area contributed by atoms with Crippen molar-refractivity contribution < 1.29 is 33.2 Å². The third-order valence-electron chi connectivity index (χ3n) is 12.4. The van der Waals surface area contributed by atoms with E-state index in [0.717, 1.165) is 71.2 Å². The van der Waals surface area contributed by atoms with Crippen LogP contribution in [0.25, 0.3) is 32.9 Å². The molecule has 3 aliphatic heterocycles. The van der Waals surface area contributed by atoms with Gasteiger partial charge in [0.25, 0.3) is 0 Å². The fourth-order valence-corrected chi connectivity index (χ4v) is 9.75. The molecule has 0 unspecified atom stereocenters. The smallest absolute Gasteiger partial charge is 0.319 e. The maximum atomic E-state index is 17.3. The van der Waals surface area contributed by atoms with E-state index in [0.29, 0.717) is 49.2 Å². The van der Waals surface area contributed by atoms with Crippen molar-refractivity contribution in [1.82, 2.24) is 19.9 Å². The quantitative estimate of drug-likeness (QED) is 0.174. The van der Waals surface area contributed by atoms with Crippen molar-refractivity contribution in [2.75, 3.05) is 58.0 Å². The Morgan fingerprint density at radius 1 is 1.02 bits per heavy atom. The van der Waals surface area contributed by atoms with Crippen LogP contribution in [0.4, 0.5) is 14.6 Å². The number of piperidine rings is 2. The molecule has 1 aliphatic carbocycles. The molecular formula is C42H49F2N5O5. The number of ether oxygens (including phenoxy) is 3. The van der Waals surface area contributed by atoms with Crippen molar-refractivity contribution in [2.24, 2.45) is 11.3 Å². The number of phenolic OH excluding ortho intramolecular Hbond substituents is 1. The van der Waals surface area contributed by atoms with E-state index in [-0.39, 0.29) is 62.7 Å². The molecule has 0 radical (unpaired) electrons. The van der Waals surface area contributed by atoms with Crippen molar-refractivity contribution in [3.8, 4) is 41.2 Å². The highest BCUT2D eigenvalue weighted by molar-refractivity contribution is 6.04. The molecule has 0 amide bonds. The number of hydrogen-bond donors (Lipinski definition) is 2. The van der Waals surface area contributed by atoms with Crippen LogP contribution in [0.3, 0.4) is 0 Å². The number of pyridine rings is 1. The lowest BCUT2D eigenvalue weighted by Crippen LogP contribution is -2.52. The molecule has 2 N–H and O–H groups in total. The summed E-state index contributed by atoms with van der Waals surface area (Å²) >= 11 is 0. The molecule has 4 aromatic rings. The average molecular weight is 742 g/mol. The van der Waals surface area contributed by atoms with Gasteiger partial charge in [-0.1, -0.05) is 18.4 Å². The number of likely N-dealkylation sites (tertiary alicyclic amines) is 1. The molecule has 10 nitrogen and oxygen atoms in total. The second-order valence-corrected chi connectivity index (χ2v) is 16.1. The number of hydrogen-bond acceptors (Lipinski definition) is 10. The van der Waals surface area contributed by atoms with Crippen molar-refractivity contribution in [1.29, 1.82) is 0 Å². The minimum atomic E-state index is -1.00. The summed E-state index contributed by atoms with van der Waals surface area (Å²) in [7, 11) is 1.42. The molecule has 4 fully saturated rings. The maximum absolute atomic E-state index is 17.3. The number of methoxy groups -OCH3 is 1.